The van der Waals surface area contributed by atoms with E-state index in [1.54, 1.807) is 18.2 Å². The van der Waals surface area contributed by atoms with E-state index in [1.807, 2.05) is 0 Å². The number of carbonyl (C=O) groups excluding carboxylic acids is 2. The summed E-state index contributed by atoms with van der Waals surface area (Å²) in [5.74, 6) is -0.281. The number of fused-ring (bicyclic) bond motifs is 1. The first-order valence-corrected chi connectivity index (χ1v) is 10.3. The Kier molecular flexibility index (Phi) is 5.77. The molecule has 5 nitrogen and oxygen atoms in total. The summed E-state index contributed by atoms with van der Waals surface area (Å²) in [4.78, 5) is 26.7. The van der Waals surface area contributed by atoms with Crippen molar-refractivity contribution in [2.24, 2.45) is 0 Å². The fourth-order valence-electron chi connectivity index (χ4n) is 4.26. The van der Waals surface area contributed by atoms with Crippen LogP contribution in [-0.4, -0.2) is 42.4 Å². The van der Waals surface area contributed by atoms with Crippen LogP contribution in [0.2, 0.25) is 0 Å². The number of amides is 1. The van der Waals surface area contributed by atoms with E-state index in [2.05, 4.69) is 0 Å². The molecule has 0 unspecified atom stereocenters. The van der Waals surface area contributed by atoms with Gasteiger partial charge in [-0.3, -0.25) is 9.59 Å². The number of ether oxygens (including phenoxy) is 2. The van der Waals surface area contributed by atoms with Crippen molar-refractivity contribution in [3.05, 3.63) is 58.7 Å². The van der Waals surface area contributed by atoms with Gasteiger partial charge >= 0.3 is 12.4 Å². The van der Waals surface area contributed by atoms with Crippen LogP contribution >= 0.6 is 0 Å². The molecule has 182 valence electrons. The molecule has 34 heavy (non-hydrogen) atoms. The molecule has 2 aromatic rings. The van der Waals surface area contributed by atoms with Gasteiger partial charge in [0.1, 0.15) is 17.1 Å². The van der Waals surface area contributed by atoms with E-state index in [9.17, 15) is 35.9 Å². The number of ketones is 1. The lowest BCUT2D eigenvalue weighted by molar-refractivity contribution is -0.143. The molecular formula is C23H19F6NO4. The van der Waals surface area contributed by atoms with Crippen LogP contribution in [-0.2, 0) is 12.4 Å². The van der Waals surface area contributed by atoms with Crippen LogP contribution < -0.4 is 9.47 Å². The number of alkyl halides is 6. The number of nitrogens with zero attached hydrogens (tertiary/aromatic N) is 1. The van der Waals surface area contributed by atoms with E-state index in [1.165, 1.54) is 12.0 Å². The van der Waals surface area contributed by atoms with Crippen LogP contribution in [0.15, 0.2) is 36.4 Å². The zero-order chi connectivity index (χ0) is 24.9. The number of halogens is 6. The quantitative estimate of drug-likeness (QED) is 0.535. The third-order valence-electron chi connectivity index (χ3n) is 6.09. The molecule has 0 bridgehead atoms. The van der Waals surface area contributed by atoms with E-state index in [-0.39, 0.29) is 44.2 Å². The minimum Gasteiger partial charge on any atom is -0.497 e. The zero-order valence-electron chi connectivity index (χ0n) is 17.8. The summed E-state index contributed by atoms with van der Waals surface area (Å²) in [7, 11) is 1.46. The van der Waals surface area contributed by atoms with Crippen molar-refractivity contribution >= 4 is 11.7 Å². The lowest BCUT2D eigenvalue weighted by atomic mass is 9.82. The molecule has 2 aliphatic rings. The Bertz CT molecular complexity index is 1100. The van der Waals surface area contributed by atoms with E-state index in [0.29, 0.717) is 29.2 Å². The van der Waals surface area contributed by atoms with Gasteiger partial charge in [0.25, 0.3) is 5.91 Å². The summed E-state index contributed by atoms with van der Waals surface area (Å²) < 4.78 is 90.1. The third-order valence-corrected chi connectivity index (χ3v) is 6.09. The standard InChI is InChI=1S/C23H19F6NO4/c1-33-16-2-3-17-18(31)12-21(34-19(17)11-16)4-6-30(7-5-21)20(32)13-8-14(22(24,25)26)10-15(9-13)23(27,28)29/h2-3,8-11H,4-7,12H2,1H3. The minimum atomic E-state index is -5.05. The second kappa shape index (κ2) is 8.21. The van der Waals surface area contributed by atoms with Gasteiger partial charge in [0.15, 0.2) is 5.78 Å². The second-order valence-corrected chi connectivity index (χ2v) is 8.33. The maximum absolute atomic E-state index is 13.1. The molecule has 0 N–H and O–H groups in total. The summed E-state index contributed by atoms with van der Waals surface area (Å²) in [6, 6.07) is 5.62. The third kappa shape index (κ3) is 4.55. The first-order valence-electron chi connectivity index (χ1n) is 10.3. The number of carbonyl (C=O) groups is 2. The molecule has 1 amide bonds. The number of hydrogen-bond donors (Lipinski definition) is 0. The van der Waals surface area contributed by atoms with Crippen molar-refractivity contribution in [1.29, 1.82) is 0 Å². The molecule has 0 aromatic heterocycles. The van der Waals surface area contributed by atoms with Gasteiger partial charge in [0.05, 0.1) is 30.2 Å². The maximum Gasteiger partial charge on any atom is 0.416 e. The van der Waals surface area contributed by atoms with Crippen LogP contribution in [0.3, 0.4) is 0 Å². The smallest absolute Gasteiger partial charge is 0.416 e. The largest absolute Gasteiger partial charge is 0.497 e. The van der Waals surface area contributed by atoms with Crippen molar-refractivity contribution in [3.63, 3.8) is 0 Å². The van der Waals surface area contributed by atoms with Crippen LogP contribution in [0.5, 0.6) is 11.5 Å². The van der Waals surface area contributed by atoms with Gasteiger partial charge in [-0.1, -0.05) is 0 Å². The molecule has 0 radical (unpaired) electrons. The number of rotatable bonds is 2. The Morgan fingerprint density at radius 2 is 1.56 bits per heavy atom. The molecule has 2 aromatic carbocycles. The summed E-state index contributed by atoms with van der Waals surface area (Å²) in [5, 5.41) is 0. The van der Waals surface area contributed by atoms with Gasteiger partial charge < -0.3 is 14.4 Å². The Balaban J connectivity index is 1.55. The predicted molar refractivity (Wildman–Crippen MR) is 107 cm³/mol. The Morgan fingerprint density at radius 1 is 0.971 bits per heavy atom. The normalized spacial score (nSPS) is 17.9. The highest BCUT2D eigenvalue weighted by molar-refractivity contribution is 6.00. The first-order chi connectivity index (χ1) is 15.8. The summed E-state index contributed by atoms with van der Waals surface area (Å²) in [5.41, 5.74) is -4.32. The van der Waals surface area contributed by atoms with Crippen molar-refractivity contribution in [1.82, 2.24) is 4.90 Å². The van der Waals surface area contributed by atoms with E-state index in [4.69, 9.17) is 9.47 Å². The lowest BCUT2D eigenvalue weighted by Gasteiger charge is -2.44. The SMILES string of the molecule is COc1ccc2c(c1)OC1(CCN(C(=O)c3cc(C(F)(F)F)cc(C(F)(F)F)c3)CC1)CC2=O. The highest BCUT2D eigenvalue weighted by atomic mass is 19.4. The molecule has 2 heterocycles. The van der Waals surface area contributed by atoms with Crippen molar-refractivity contribution in [2.75, 3.05) is 20.2 Å². The number of piperidine rings is 1. The summed E-state index contributed by atoms with van der Waals surface area (Å²) >= 11 is 0. The molecule has 0 saturated carbocycles. The maximum atomic E-state index is 13.1. The molecule has 1 saturated heterocycles. The number of likely N-dealkylation sites (tertiary alicyclic amines) is 1. The molecular weight excluding hydrogens is 468 g/mol. The van der Waals surface area contributed by atoms with Gasteiger partial charge in [-0.25, -0.2) is 0 Å². The van der Waals surface area contributed by atoms with Crippen LogP contribution in [0.1, 0.15) is 51.1 Å². The average Bonchev–Trinajstić information content (AvgIpc) is 2.77. The zero-order valence-corrected chi connectivity index (χ0v) is 17.8. The topological polar surface area (TPSA) is 55.8 Å². The van der Waals surface area contributed by atoms with Crippen molar-refractivity contribution in [3.8, 4) is 11.5 Å². The first kappa shape index (κ1) is 23.9. The Morgan fingerprint density at radius 3 is 2.09 bits per heavy atom. The average molecular weight is 487 g/mol. The summed E-state index contributed by atoms with van der Waals surface area (Å²) in [6.07, 6.45) is -9.67. The lowest BCUT2D eigenvalue weighted by Crippen LogP contribution is -2.52. The molecule has 0 aliphatic carbocycles. The molecule has 1 fully saturated rings. The Hall–Kier alpha value is -3.24. The van der Waals surface area contributed by atoms with Crippen LogP contribution in [0, 0.1) is 0 Å². The van der Waals surface area contributed by atoms with Crippen LogP contribution in [0.4, 0.5) is 26.3 Å². The predicted octanol–water partition coefficient (Wildman–Crippen LogP) is 5.37. The highest BCUT2D eigenvalue weighted by Crippen LogP contribution is 2.41. The van der Waals surface area contributed by atoms with E-state index < -0.39 is 40.6 Å². The highest BCUT2D eigenvalue weighted by Gasteiger charge is 2.44. The number of benzene rings is 2. The monoisotopic (exact) mass is 487 g/mol. The van der Waals surface area contributed by atoms with Gasteiger partial charge in [0, 0.05) is 37.6 Å². The van der Waals surface area contributed by atoms with Gasteiger partial charge in [-0.15, -0.1) is 0 Å². The number of hydrogen-bond acceptors (Lipinski definition) is 4. The van der Waals surface area contributed by atoms with Crippen molar-refractivity contribution in [2.45, 2.75) is 37.2 Å². The van der Waals surface area contributed by atoms with Gasteiger partial charge in [-0.05, 0) is 30.3 Å². The number of Topliss-reactive ketones (excluding diaryl/α,β-unsaturated/α-hetero) is 1. The summed E-state index contributed by atoms with van der Waals surface area (Å²) in [6.45, 7) is 0.00598. The van der Waals surface area contributed by atoms with E-state index in [0.717, 1.165) is 0 Å². The molecule has 1 spiro atoms. The van der Waals surface area contributed by atoms with Gasteiger partial charge in [0.2, 0.25) is 0 Å². The van der Waals surface area contributed by atoms with Crippen LogP contribution in [0.25, 0.3) is 0 Å². The number of methoxy groups -OCH3 is 1. The molecule has 0 atom stereocenters. The second-order valence-electron chi connectivity index (χ2n) is 8.33. The molecule has 11 heteroatoms. The van der Waals surface area contributed by atoms with Crippen molar-refractivity contribution < 1.29 is 45.4 Å². The Labute approximate surface area is 190 Å². The minimum absolute atomic E-state index is 0.00299. The van der Waals surface area contributed by atoms with Gasteiger partial charge in [-0.2, -0.15) is 26.3 Å². The van der Waals surface area contributed by atoms with E-state index >= 15 is 0 Å². The molecule has 4 rings (SSSR count). The molecule has 2 aliphatic heterocycles. The fraction of sp³-hybridized carbons (Fsp3) is 0.391. The fourth-order valence-corrected chi connectivity index (χ4v) is 4.26.